The van der Waals surface area contributed by atoms with Crippen LogP contribution in [0.2, 0.25) is 0 Å². The van der Waals surface area contributed by atoms with E-state index in [-0.39, 0.29) is 11.4 Å². The zero-order chi connectivity index (χ0) is 17.8. The molecule has 2 aromatic rings. The third-order valence-corrected chi connectivity index (χ3v) is 5.30. The average Bonchev–Trinajstić information content (AvgIpc) is 2.57. The number of nitrogens with two attached hydrogens (primary N) is 1. The molecule has 128 valence electrons. The van der Waals surface area contributed by atoms with Gasteiger partial charge in [-0.2, -0.15) is 5.26 Å². The number of allylic oxidation sites excluding steroid dienone is 1. The number of ether oxygens (including phenoxy) is 1. The second-order valence-electron chi connectivity index (χ2n) is 6.69. The van der Waals surface area contributed by atoms with Crippen molar-refractivity contribution in [3.8, 4) is 11.8 Å². The van der Waals surface area contributed by atoms with Crippen molar-refractivity contribution in [1.29, 1.82) is 5.26 Å². The van der Waals surface area contributed by atoms with Crippen LogP contribution in [0, 0.1) is 17.1 Å². The molecule has 3 N–H and O–H groups in total. The smallest absolute Gasteiger partial charge is 0.256 e. The van der Waals surface area contributed by atoms with Gasteiger partial charge in [0.25, 0.3) is 5.56 Å². The third-order valence-electron chi connectivity index (χ3n) is 5.30. The van der Waals surface area contributed by atoms with Crippen LogP contribution in [-0.2, 0) is 5.41 Å². The van der Waals surface area contributed by atoms with Gasteiger partial charge in [0.15, 0.2) is 0 Å². The number of pyridine rings is 1. The summed E-state index contributed by atoms with van der Waals surface area (Å²) in [6.45, 7) is 1.47. The molecule has 0 unspecified atom stereocenters. The lowest BCUT2D eigenvalue weighted by Crippen LogP contribution is -2.47. The molecule has 1 aromatic heterocycles. The van der Waals surface area contributed by atoms with Crippen LogP contribution in [0.25, 0.3) is 10.9 Å². The summed E-state index contributed by atoms with van der Waals surface area (Å²) in [6, 6.07) is 6.28. The summed E-state index contributed by atoms with van der Waals surface area (Å²) < 4.78 is 19.2. The van der Waals surface area contributed by atoms with E-state index in [4.69, 9.17) is 10.5 Å². The van der Waals surface area contributed by atoms with E-state index < -0.39 is 11.2 Å². The maximum Gasteiger partial charge on any atom is 0.256 e. The van der Waals surface area contributed by atoms with E-state index in [1.807, 2.05) is 7.05 Å². The molecule has 0 amide bonds. The molecular weight excluding hydrogens is 323 g/mol. The van der Waals surface area contributed by atoms with Crippen LogP contribution >= 0.6 is 0 Å². The van der Waals surface area contributed by atoms with Gasteiger partial charge in [-0.25, -0.2) is 4.39 Å². The molecule has 1 aromatic carbocycles. The van der Waals surface area contributed by atoms with Crippen molar-refractivity contribution in [2.45, 2.75) is 18.3 Å². The van der Waals surface area contributed by atoms with Crippen LogP contribution in [0.3, 0.4) is 0 Å². The number of H-pyrrole nitrogens is 1. The first-order valence-electron chi connectivity index (χ1n) is 8.09. The molecule has 0 atom stereocenters. The zero-order valence-corrected chi connectivity index (χ0v) is 13.7. The molecule has 1 saturated heterocycles. The van der Waals surface area contributed by atoms with Gasteiger partial charge >= 0.3 is 0 Å². The highest BCUT2D eigenvalue weighted by atomic mass is 19.1. The molecule has 2 aliphatic rings. The quantitative estimate of drug-likeness (QED) is 0.761. The van der Waals surface area contributed by atoms with Crippen molar-refractivity contribution in [3.05, 3.63) is 51.4 Å². The standard InChI is InChI=1S/C18H17FN4O2/c1-23-6-4-18(5-7-23)12(9-20)16(21)25-15-11-3-2-10(19)8-13(11)22-17(24)14(15)18/h2-3,8H,4-7,21H2,1H3,(H,22,24). The number of aromatic amines is 1. The van der Waals surface area contributed by atoms with Gasteiger partial charge in [0.2, 0.25) is 5.88 Å². The van der Waals surface area contributed by atoms with Gasteiger partial charge in [0.05, 0.1) is 11.1 Å². The van der Waals surface area contributed by atoms with Crippen molar-refractivity contribution >= 4 is 10.9 Å². The minimum absolute atomic E-state index is 0.0239. The predicted molar refractivity (Wildman–Crippen MR) is 90.4 cm³/mol. The Morgan fingerprint density at radius 1 is 1.40 bits per heavy atom. The van der Waals surface area contributed by atoms with Gasteiger partial charge in [-0.05, 0) is 51.2 Å². The molecule has 25 heavy (non-hydrogen) atoms. The number of fused-ring (bicyclic) bond motifs is 4. The van der Waals surface area contributed by atoms with Crippen molar-refractivity contribution < 1.29 is 9.13 Å². The number of hydrogen-bond donors (Lipinski definition) is 2. The first-order valence-corrected chi connectivity index (χ1v) is 8.09. The van der Waals surface area contributed by atoms with Crippen LogP contribution in [0.1, 0.15) is 18.4 Å². The van der Waals surface area contributed by atoms with Crippen LogP contribution in [0.5, 0.6) is 5.75 Å². The van der Waals surface area contributed by atoms with E-state index in [9.17, 15) is 14.4 Å². The van der Waals surface area contributed by atoms with Crippen molar-refractivity contribution in [3.63, 3.8) is 0 Å². The molecule has 0 bridgehead atoms. The lowest BCUT2D eigenvalue weighted by molar-refractivity contribution is 0.197. The zero-order valence-electron chi connectivity index (χ0n) is 13.7. The SMILES string of the molecule is CN1CCC2(CC1)C(C#N)=C(N)Oc1c2c(=O)[nH]c2cc(F)ccc12. The molecule has 0 aliphatic carbocycles. The van der Waals surface area contributed by atoms with Crippen LogP contribution < -0.4 is 16.0 Å². The Morgan fingerprint density at radius 2 is 2.12 bits per heavy atom. The van der Waals surface area contributed by atoms with Gasteiger partial charge < -0.3 is 20.4 Å². The molecular formula is C18H17FN4O2. The summed E-state index contributed by atoms with van der Waals surface area (Å²) in [5.41, 5.74) is 5.99. The van der Waals surface area contributed by atoms with Gasteiger partial charge in [0.1, 0.15) is 23.2 Å². The van der Waals surface area contributed by atoms with Crippen LogP contribution in [-0.4, -0.2) is 30.0 Å². The summed E-state index contributed by atoms with van der Waals surface area (Å²) in [4.78, 5) is 17.8. The fourth-order valence-electron chi connectivity index (χ4n) is 3.97. The van der Waals surface area contributed by atoms with E-state index in [0.29, 0.717) is 40.6 Å². The highest BCUT2D eigenvalue weighted by Crippen LogP contribution is 2.49. The molecule has 2 aliphatic heterocycles. The van der Waals surface area contributed by atoms with E-state index in [0.717, 1.165) is 13.1 Å². The lowest BCUT2D eigenvalue weighted by atomic mass is 9.67. The minimum Gasteiger partial charge on any atom is -0.439 e. The fourth-order valence-corrected chi connectivity index (χ4v) is 3.97. The fraction of sp³-hybridized carbons (Fsp3) is 0.333. The predicted octanol–water partition coefficient (Wildman–Crippen LogP) is 1.72. The second-order valence-corrected chi connectivity index (χ2v) is 6.69. The molecule has 3 heterocycles. The number of nitrogens with one attached hydrogen (secondary N) is 1. The third kappa shape index (κ3) is 2.14. The van der Waals surface area contributed by atoms with Gasteiger partial charge in [-0.3, -0.25) is 4.79 Å². The Bertz CT molecular complexity index is 1010. The van der Waals surface area contributed by atoms with Gasteiger partial charge in [-0.15, -0.1) is 0 Å². The number of nitrogens with zero attached hydrogens (tertiary/aromatic N) is 2. The van der Waals surface area contributed by atoms with E-state index in [1.54, 1.807) is 6.07 Å². The van der Waals surface area contributed by atoms with E-state index in [2.05, 4.69) is 16.0 Å². The Balaban J connectivity index is 2.06. The Morgan fingerprint density at radius 3 is 2.80 bits per heavy atom. The molecule has 0 radical (unpaired) electrons. The summed E-state index contributed by atoms with van der Waals surface area (Å²) in [5.74, 6) is -0.0928. The lowest BCUT2D eigenvalue weighted by Gasteiger charge is -2.43. The number of halogens is 1. The maximum absolute atomic E-state index is 13.5. The number of piperidine rings is 1. The summed E-state index contributed by atoms with van der Waals surface area (Å²) in [7, 11) is 2.00. The molecule has 6 nitrogen and oxygen atoms in total. The summed E-state index contributed by atoms with van der Waals surface area (Å²) in [5, 5.41) is 10.2. The highest BCUT2D eigenvalue weighted by Gasteiger charge is 2.48. The number of benzene rings is 1. The first-order chi connectivity index (χ1) is 12.0. The maximum atomic E-state index is 13.5. The van der Waals surface area contributed by atoms with Crippen LogP contribution in [0.15, 0.2) is 34.4 Å². The Hall–Kier alpha value is -2.85. The normalized spacial score (nSPS) is 19.6. The van der Waals surface area contributed by atoms with Crippen molar-refractivity contribution in [2.75, 3.05) is 20.1 Å². The topological polar surface area (TPSA) is 95.1 Å². The summed E-state index contributed by atoms with van der Waals surface area (Å²) >= 11 is 0. The largest absolute Gasteiger partial charge is 0.439 e. The van der Waals surface area contributed by atoms with E-state index >= 15 is 0 Å². The Labute approximate surface area is 143 Å². The monoisotopic (exact) mass is 340 g/mol. The number of nitriles is 1. The van der Waals surface area contributed by atoms with Gasteiger partial charge in [0, 0.05) is 10.8 Å². The highest BCUT2D eigenvalue weighted by molar-refractivity contribution is 5.87. The molecule has 7 heteroatoms. The second kappa shape index (κ2) is 5.33. The molecule has 1 fully saturated rings. The number of hydrogen-bond acceptors (Lipinski definition) is 5. The molecule has 4 rings (SSSR count). The molecule has 1 spiro atoms. The number of rotatable bonds is 0. The Kier molecular flexibility index (Phi) is 3.34. The van der Waals surface area contributed by atoms with Crippen molar-refractivity contribution in [2.24, 2.45) is 5.73 Å². The van der Waals surface area contributed by atoms with Crippen LogP contribution in [0.4, 0.5) is 4.39 Å². The van der Waals surface area contributed by atoms with Gasteiger partial charge in [-0.1, -0.05) is 0 Å². The number of aromatic nitrogens is 1. The number of likely N-dealkylation sites (tertiary alicyclic amines) is 1. The van der Waals surface area contributed by atoms with E-state index in [1.165, 1.54) is 12.1 Å². The van der Waals surface area contributed by atoms with Crippen molar-refractivity contribution in [1.82, 2.24) is 9.88 Å². The average molecular weight is 340 g/mol. The minimum atomic E-state index is -0.769. The summed E-state index contributed by atoms with van der Waals surface area (Å²) in [6.07, 6.45) is 1.19. The first kappa shape index (κ1) is 15.7. The molecule has 0 saturated carbocycles.